The van der Waals surface area contributed by atoms with Crippen LogP contribution in [0.2, 0.25) is 0 Å². The van der Waals surface area contributed by atoms with Crippen molar-refractivity contribution in [3.8, 4) is 0 Å². The number of hydrogen-bond acceptors (Lipinski definition) is 5. The predicted molar refractivity (Wildman–Crippen MR) is 122 cm³/mol. The van der Waals surface area contributed by atoms with Gasteiger partial charge in [-0.1, -0.05) is 6.07 Å². The van der Waals surface area contributed by atoms with Crippen LogP contribution in [0, 0.1) is 5.41 Å². The average molecular weight is 445 g/mol. The van der Waals surface area contributed by atoms with Crippen molar-refractivity contribution in [3.05, 3.63) is 78.4 Å². The van der Waals surface area contributed by atoms with Gasteiger partial charge in [0.05, 0.1) is 23.0 Å². The Balaban J connectivity index is 1.47. The number of carbonyl (C=O) groups excluding carboxylic acids is 2. The Bertz CT molecular complexity index is 1150. The van der Waals surface area contributed by atoms with Gasteiger partial charge >= 0.3 is 0 Å². The molecular weight excluding hydrogens is 416 g/mol. The number of imidazole rings is 1. The van der Waals surface area contributed by atoms with Gasteiger partial charge in [0.25, 0.3) is 5.91 Å². The second-order valence-corrected chi connectivity index (χ2v) is 9.31. The second-order valence-electron chi connectivity index (χ2n) is 9.31. The number of aromatic nitrogens is 4. The van der Waals surface area contributed by atoms with E-state index >= 15 is 0 Å². The third-order valence-corrected chi connectivity index (χ3v) is 6.95. The van der Waals surface area contributed by atoms with Gasteiger partial charge in [0.15, 0.2) is 0 Å². The first-order chi connectivity index (χ1) is 16.0. The summed E-state index contributed by atoms with van der Waals surface area (Å²) in [5.41, 5.74) is 1.75. The van der Waals surface area contributed by atoms with E-state index in [0.29, 0.717) is 38.2 Å². The Morgan fingerprint density at radius 1 is 1.18 bits per heavy atom. The van der Waals surface area contributed by atoms with Crippen LogP contribution >= 0.6 is 0 Å². The van der Waals surface area contributed by atoms with Crippen LogP contribution in [-0.4, -0.2) is 60.8 Å². The third-order valence-electron chi connectivity index (χ3n) is 6.95. The topological polar surface area (TPSA) is 84.2 Å². The lowest BCUT2D eigenvalue weighted by molar-refractivity contribution is -0.136. The molecule has 5 heterocycles. The summed E-state index contributed by atoms with van der Waals surface area (Å²) in [6.07, 6.45) is 11.3. The molecule has 33 heavy (non-hydrogen) atoms. The number of pyridine rings is 2. The first-order valence-corrected chi connectivity index (χ1v) is 11.4. The zero-order valence-corrected chi connectivity index (χ0v) is 19.0. The molecule has 0 saturated carbocycles. The van der Waals surface area contributed by atoms with E-state index in [4.69, 9.17) is 0 Å². The summed E-state index contributed by atoms with van der Waals surface area (Å²) < 4.78 is 2.06. The summed E-state index contributed by atoms with van der Waals surface area (Å²) in [6, 6.07) is 7.68. The van der Waals surface area contributed by atoms with E-state index in [2.05, 4.69) is 33.4 Å². The van der Waals surface area contributed by atoms with Crippen LogP contribution in [0.3, 0.4) is 0 Å². The van der Waals surface area contributed by atoms with Crippen molar-refractivity contribution in [1.82, 2.24) is 29.3 Å². The summed E-state index contributed by atoms with van der Waals surface area (Å²) >= 11 is 0. The highest BCUT2D eigenvalue weighted by atomic mass is 16.2. The lowest BCUT2D eigenvalue weighted by Crippen LogP contribution is -2.40. The van der Waals surface area contributed by atoms with E-state index < -0.39 is 5.41 Å². The number of likely N-dealkylation sites (tertiary alicyclic amines) is 2. The zero-order chi connectivity index (χ0) is 23.0. The molecule has 2 fully saturated rings. The number of hydrogen-bond donors (Lipinski definition) is 0. The van der Waals surface area contributed by atoms with Crippen molar-refractivity contribution in [3.63, 3.8) is 0 Å². The Kier molecular flexibility index (Phi) is 5.44. The maximum absolute atomic E-state index is 13.9. The van der Waals surface area contributed by atoms with Gasteiger partial charge in [0.2, 0.25) is 5.91 Å². The molecule has 0 N–H and O–H groups in total. The van der Waals surface area contributed by atoms with Crippen LogP contribution in [0.15, 0.2) is 61.6 Å². The molecule has 1 spiro atoms. The van der Waals surface area contributed by atoms with E-state index in [1.807, 2.05) is 34.5 Å². The standard InChI is InChI=1S/C25H28N6O2/c1-18(2)31-15-22(28-17-31)21-14-30(23(32)20-6-4-9-27-12-20)16-25(21)7-10-29(24(25)33)13-19-5-3-8-26-11-19/h3-6,8-9,11-12,15,17-18,21H,7,10,13-14,16H2,1-2H3/t21-,25-/m1/s1. The predicted octanol–water partition coefficient (Wildman–Crippen LogP) is 2.91. The zero-order valence-electron chi connectivity index (χ0n) is 19.0. The number of nitrogens with zero attached hydrogens (tertiary/aromatic N) is 6. The molecule has 8 nitrogen and oxygen atoms in total. The van der Waals surface area contributed by atoms with E-state index in [9.17, 15) is 9.59 Å². The highest BCUT2D eigenvalue weighted by Crippen LogP contribution is 2.50. The smallest absolute Gasteiger partial charge is 0.255 e. The van der Waals surface area contributed by atoms with Gasteiger partial charge in [0.1, 0.15) is 0 Å². The van der Waals surface area contributed by atoms with E-state index in [0.717, 1.165) is 11.3 Å². The lowest BCUT2D eigenvalue weighted by atomic mass is 9.75. The van der Waals surface area contributed by atoms with Gasteiger partial charge in [-0.2, -0.15) is 0 Å². The molecule has 2 atom stereocenters. The molecule has 2 amide bonds. The van der Waals surface area contributed by atoms with Gasteiger partial charge < -0.3 is 14.4 Å². The molecule has 0 aliphatic carbocycles. The second kappa shape index (κ2) is 8.42. The van der Waals surface area contributed by atoms with Crippen molar-refractivity contribution in [2.45, 2.75) is 38.8 Å². The minimum atomic E-state index is -0.670. The van der Waals surface area contributed by atoms with Crippen LogP contribution in [0.25, 0.3) is 0 Å². The van der Waals surface area contributed by atoms with Crippen molar-refractivity contribution in [2.75, 3.05) is 19.6 Å². The summed E-state index contributed by atoms with van der Waals surface area (Å²) in [5, 5.41) is 0. The van der Waals surface area contributed by atoms with Gasteiger partial charge in [0, 0.05) is 69.1 Å². The van der Waals surface area contributed by atoms with Gasteiger partial charge in [-0.25, -0.2) is 4.98 Å². The molecule has 3 aromatic heterocycles. The highest BCUT2D eigenvalue weighted by Gasteiger charge is 2.58. The molecule has 0 unspecified atom stereocenters. The number of carbonyl (C=O) groups is 2. The van der Waals surface area contributed by atoms with Gasteiger partial charge in [-0.05, 0) is 44.0 Å². The summed E-state index contributed by atoms with van der Waals surface area (Å²) in [5.74, 6) is -0.145. The van der Waals surface area contributed by atoms with Crippen LogP contribution in [0.1, 0.15) is 53.8 Å². The van der Waals surface area contributed by atoms with Crippen molar-refractivity contribution in [2.24, 2.45) is 5.41 Å². The Labute approximate surface area is 193 Å². The van der Waals surface area contributed by atoms with E-state index in [-0.39, 0.29) is 23.8 Å². The molecule has 2 saturated heterocycles. The highest BCUT2D eigenvalue weighted by molar-refractivity contribution is 5.96. The maximum atomic E-state index is 13.9. The average Bonchev–Trinajstić information content (AvgIpc) is 3.55. The summed E-state index contributed by atoms with van der Waals surface area (Å²) in [4.78, 5) is 43.8. The minimum Gasteiger partial charge on any atom is -0.338 e. The summed E-state index contributed by atoms with van der Waals surface area (Å²) in [7, 11) is 0. The van der Waals surface area contributed by atoms with Crippen LogP contribution < -0.4 is 0 Å². The normalized spacial score (nSPS) is 22.6. The van der Waals surface area contributed by atoms with Crippen LogP contribution in [0.4, 0.5) is 0 Å². The molecule has 5 rings (SSSR count). The van der Waals surface area contributed by atoms with E-state index in [1.165, 1.54) is 0 Å². The molecule has 0 radical (unpaired) electrons. The molecule has 170 valence electrons. The third kappa shape index (κ3) is 3.79. The molecule has 2 aliphatic heterocycles. The fourth-order valence-electron chi connectivity index (χ4n) is 5.12. The maximum Gasteiger partial charge on any atom is 0.255 e. The molecule has 2 aliphatic rings. The lowest BCUT2D eigenvalue weighted by Gasteiger charge is -2.27. The first kappa shape index (κ1) is 21.3. The van der Waals surface area contributed by atoms with Gasteiger partial charge in [-0.3, -0.25) is 19.6 Å². The molecular formula is C25H28N6O2. The Hall–Kier alpha value is -3.55. The van der Waals surface area contributed by atoms with E-state index in [1.54, 1.807) is 36.9 Å². The quantitative estimate of drug-likeness (QED) is 0.604. The monoisotopic (exact) mass is 444 g/mol. The summed E-state index contributed by atoms with van der Waals surface area (Å²) in [6.45, 7) is 6.24. The van der Waals surface area contributed by atoms with Crippen molar-refractivity contribution in [1.29, 1.82) is 0 Å². The Morgan fingerprint density at radius 2 is 1.97 bits per heavy atom. The molecule has 0 bridgehead atoms. The molecule has 0 aromatic carbocycles. The van der Waals surface area contributed by atoms with Gasteiger partial charge in [-0.15, -0.1) is 0 Å². The fraction of sp³-hybridized carbons (Fsp3) is 0.400. The first-order valence-electron chi connectivity index (χ1n) is 11.4. The largest absolute Gasteiger partial charge is 0.338 e. The van der Waals surface area contributed by atoms with Crippen molar-refractivity contribution >= 4 is 11.8 Å². The molecule has 8 heteroatoms. The number of rotatable bonds is 5. The SMILES string of the molecule is CC(C)n1cnc([C@H]2CN(C(=O)c3cccnc3)C[C@]23CCN(Cc2cccnc2)C3=O)c1. The fourth-order valence-corrected chi connectivity index (χ4v) is 5.12. The number of amides is 2. The minimum absolute atomic E-state index is 0.0909. The van der Waals surface area contributed by atoms with Crippen molar-refractivity contribution < 1.29 is 9.59 Å². The molecule has 3 aromatic rings. The Morgan fingerprint density at radius 3 is 2.64 bits per heavy atom. The van der Waals surface area contributed by atoms with Crippen LogP contribution in [0.5, 0.6) is 0 Å². The van der Waals surface area contributed by atoms with Crippen LogP contribution in [-0.2, 0) is 11.3 Å².